The third kappa shape index (κ3) is 3.52. The molecule has 2 atom stereocenters. The van der Waals surface area contributed by atoms with Crippen LogP contribution in [0.2, 0.25) is 0 Å². The summed E-state index contributed by atoms with van der Waals surface area (Å²) in [6, 6.07) is 15.5. The van der Waals surface area contributed by atoms with E-state index >= 15 is 0 Å². The van der Waals surface area contributed by atoms with Gasteiger partial charge in [0, 0.05) is 16.7 Å². The molecular formula is C16H19NOS. The van der Waals surface area contributed by atoms with Crippen LogP contribution in [-0.4, -0.2) is 9.96 Å². The average Bonchev–Trinajstić information content (AvgIpc) is 2.42. The first-order valence-electron chi connectivity index (χ1n) is 6.34. The summed E-state index contributed by atoms with van der Waals surface area (Å²) < 4.78 is 12.3. The fourth-order valence-corrected chi connectivity index (χ4v) is 3.15. The minimum absolute atomic E-state index is 0.191. The lowest BCUT2D eigenvalue weighted by molar-refractivity contribution is 0.675. The molecule has 2 aromatic carbocycles. The van der Waals surface area contributed by atoms with Gasteiger partial charge in [-0.15, -0.1) is 0 Å². The fourth-order valence-electron chi connectivity index (χ4n) is 1.91. The van der Waals surface area contributed by atoms with Crippen LogP contribution in [0.3, 0.4) is 0 Å². The Kier molecular flexibility index (Phi) is 4.51. The third-order valence-electron chi connectivity index (χ3n) is 3.30. The SMILES string of the molecule is Cc1ccc(S(=O)CC(N)c2ccccc2)cc1C. The zero-order valence-electron chi connectivity index (χ0n) is 11.3. The summed E-state index contributed by atoms with van der Waals surface area (Å²) in [6.45, 7) is 4.09. The molecule has 0 saturated heterocycles. The van der Waals surface area contributed by atoms with Crippen LogP contribution in [0.4, 0.5) is 0 Å². The Morgan fingerprint density at radius 2 is 1.74 bits per heavy atom. The standard InChI is InChI=1S/C16H19NOS/c1-12-8-9-15(10-13(12)2)19(18)11-16(17)14-6-4-3-5-7-14/h3-10,16H,11,17H2,1-2H3. The van der Waals surface area contributed by atoms with Gasteiger partial charge < -0.3 is 5.73 Å². The molecule has 2 nitrogen and oxygen atoms in total. The lowest BCUT2D eigenvalue weighted by atomic mass is 10.1. The van der Waals surface area contributed by atoms with Crippen LogP contribution in [0.1, 0.15) is 22.7 Å². The van der Waals surface area contributed by atoms with Crippen molar-refractivity contribution >= 4 is 10.8 Å². The van der Waals surface area contributed by atoms with Crippen molar-refractivity contribution in [2.24, 2.45) is 5.73 Å². The van der Waals surface area contributed by atoms with Crippen LogP contribution in [0.5, 0.6) is 0 Å². The molecule has 0 aromatic heterocycles. The summed E-state index contributed by atoms with van der Waals surface area (Å²) >= 11 is 0. The molecule has 0 spiro atoms. The van der Waals surface area contributed by atoms with Crippen molar-refractivity contribution in [3.63, 3.8) is 0 Å². The molecule has 0 amide bonds. The second-order valence-corrected chi connectivity index (χ2v) is 6.27. The molecular weight excluding hydrogens is 254 g/mol. The molecule has 2 N–H and O–H groups in total. The van der Waals surface area contributed by atoms with E-state index in [2.05, 4.69) is 6.92 Å². The minimum Gasteiger partial charge on any atom is -0.323 e. The maximum absolute atomic E-state index is 12.3. The van der Waals surface area contributed by atoms with E-state index in [1.54, 1.807) is 0 Å². The van der Waals surface area contributed by atoms with Crippen LogP contribution in [0.15, 0.2) is 53.4 Å². The summed E-state index contributed by atoms with van der Waals surface area (Å²) in [6.07, 6.45) is 0. The highest BCUT2D eigenvalue weighted by molar-refractivity contribution is 7.85. The zero-order chi connectivity index (χ0) is 13.8. The van der Waals surface area contributed by atoms with Crippen molar-refractivity contribution in [1.82, 2.24) is 0 Å². The molecule has 0 heterocycles. The molecule has 3 heteroatoms. The van der Waals surface area contributed by atoms with E-state index in [1.807, 2.05) is 55.5 Å². The number of hydrogen-bond acceptors (Lipinski definition) is 2. The minimum atomic E-state index is -1.06. The van der Waals surface area contributed by atoms with E-state index in [4.69, 9.17) is 5.73 Å². The van der Waals surface area contributed by atoms with Crippen molar-refractivity contribution in [2.75, 3.05) is 5.75 Å². The number of nitrogens with two attached hydrogens (primary N) is 1. The Morgan fingerprint density at radius 1 is 1.05 bits per heavy atom. The van der Waals surface area contributed by atoms with Gasteiger partial charge in [0.1, 0.15) is 0 Å². The van der Waals surface area contributed by atoms with E-state index in [0.29, 0.717) is 5.75 Å². The monoisotopic (exact) mass is 273 g/mol. The van der Waals surface area contributed by atoms with Gasteiger partial charge in [-0.25, -0.2) is 0 Å². The highest BCUT2D eigenvalue weighted by Gasteiger charge is 2.12. The van der Waals surface area contributed by atoms with Crippen molar-refractivity contribution < 1.29 is 4.21 Å². The molecule has 2 rings (SSSR count). The fraction of sp³-hybridized carbons (Fsp3) is 0.250. The summed E-state index contributed by atoms with van der Waals surface area (Å²) in [5.41, 5.74) is 9.52. The highest BCUT2D eigenvalue weighted by atomic mass is 32.2. The van der Waals surface area contributed by atoms with Gasteiger partial charge in [0.15, 0.2) is 0 Å². The number of aryl methyl sites for hydroxylation is 2. The number of hydrogen-bond donors (Lipinski definition) is 1. The van der Waals surface area contributed by atoms with E-state index in [-0.39, 0.29) is 6.04 Å². The molecule has 0 saturated carbocycles. The normalized spacial score (nSPS) is 14.1. The quantitative estimate of drug-likeness (QED) is 0.930. The predicted octanol–water partition coefficient (Wildman–Crippen LogP) is 3.11. The molecule has 0 aliphatic carbocycles. The lowest BCUT2D eigenvalue weighted by Crippen LogP contribution is -2.18. The molecule has 0 aliphatic heterocycles. The molecule has 0 aliphatic rings. The van der Waals surface area contributed by atoms with Crippen molar-refractivity contribution in [2.45, 2.75) is 24.8 Å². The molecule has 0 bridgehead atoms. The Labute approximate surface area is 117 Å². The van der Waals surface area contributed by atoms with E-state index in [0.717, 1.165) is 10.5 Å². The van der Waals surface area contributed by atoms with Crippen molar-refractivity contribution in [1.29, 1.82) is 0 Å². The lowest BCUT2D eigenvalue weighted by Gasteiger charge is -2.12. The first-order valence-corrected chi connectivity index (χ1v) is 7.66. The van der Waals surface area contributed by atoms with Gasteiger partial charge in [-0.2, -0.15) is 0 Å². The Hall–Kier alpha value is -1.45. The number of rotatable bonds is 4. The second kappa shape index (κ2) is 6.13. The maximum Gasteiger partial charge on any atom is 0.0548 e. The smallest absolute Gasteiger partial charge is 0.0548 e. The summed E-state index contributed by atoms with van der Waals surface area (Å²) in [7, 11) is -1.06. The molecule has 0 radical (unpaired) electrons. The second-order valence-electron chi connectivity index (χ2n) is 4.78. The van der Waals surface area contributed by atoms with Crippen LogP contribution >= 0.6 is 0 Å². The molecule has 0 fully saturated rings. The maximum atomic E-state index is 12.3. The van der Waals surface area contributed by atoms with Gasteiger partial charge in [-0.1, -0.05) is 36.4 Å². The van der Waals surface area contributed by atoms with Crippen LogP contribution in [0.25, 0.3) is 0 Å². The Balaban J connectivity index is 2.11. The van der Waals surface area contributed by atoms with Gasteiger partial charge in [0.05, 0.1) is 10.8 Å². The van der Waals surface area contributed by atoms with Gasteiger partial charge in [-0.05, 0) is 42.7 Å². The molecule has 100 valence electrons. The highest BCUT2D eigenvalue weighted by Crippen LogP contribution is 2.17. The number of benzene rings is 2. The van der Waals surface area contributed by atoms with Gasteiger partial charge in [0.25, 0.3) is 0 Å². The largest absolute Gasteiger partial charge is 0.323 e. The van der Waals surface area contributed by atoms with E-state index in [1.165, 1.54) is 11.1 Å². The zero-order valence-corrected chi connectivity index (χ0v) is 12.1. The first-order chi connectivity index (χ1) is 9.08. The Bertz CT molecular complexity index is 581. The first kappa shape index (κ1) is 14.0. The van der Waals surface area contributed by atoms with Gasteiger partial charge in [-0.3, -0.25) is 4.21 Å². The van der Waals surface area contributed by atoms with Gasteiger partial charge >= 0.3 is 0 Å². The Morgan fingerprint density at radius 3 is 2.37 bits per heavy atom. The third-order valence-corrected chi connectivity index (χ3v) is 4.74. The topological polar surface area (TPSA) is 43.1 Å². The molecule has 2 aromatic rings. The van der Waals surface area contributed by atoms with E-state index < -0.39 is 10.8 Å². The average molecular weight is 273 g/mol. The van der Waals surface area contributed by atoms with Crippen LogP contribution in [0, 0.1) is 13.8 Å². The summed E-state index contributed by atoms with van der Waals surface area (Å²) in [4.78, 5) is 0.856. The van der Waals surface area contributed by atoms with Crippen LogP contribution < -0.4 is 5.73 Å². The van der Waals surface area contributed by atoms with Gasteiger partial charge in [0.2, 0.25) is 0 Å². The van der Waals surface area contributed by atoms with Crippen LogP contribution in [-0.2, 0) is 10.8 Å². The summed E-state index contributed by atoms with van der Waals surface area (Å²) in [5, 5.41) is 0. The predicted molar refractivity (Wildman–Crippen MR) is 80.6 cm³/mol. The molecule has 2 unspecified atom stereocenters. The summed E-state index contributed by atoms with van der Waals surface area (Å²) in [5.74, 6) is 0.451. The molecule has 19 heavy (non-hydrogen) atoms. The van der Waals surface area contributed by atoms with Crippen molar-refractivity contribution in [3.05, 3.63) is 65.2 Å². The van der Waals surface area contributed by atoms with E-state index in [9.17, 15) is 4.21 Å². The van der Waals surface area contributed by atoms with Crippen molar-refractivity contribution in [3.8, 4) is 0 Å².